The van der Waals surface area contributed by atoms with Crippen molar-refractivity contribution in [2.75, 3.05) is 4.90 Å². The summed E-state index contributed by atoms with van der Waals surface area (Å²) in [6.45, 7) is 1.87. The van der Waals surface area contributed by atoms with Crippen LogP contribution in [-0.2, 0) is 0 Å². The molecule has 0 unspecified atom stereocenters. The highest BCUT2D eigenvalue weighted by molar-refractivity contribution is 6.10. The quantitative estimate of drug-likeness (QED) is 0.369. The Kier molecular flexibility index (Phi) is 4.14. The molecule has 0 N–H and O–H groups in total. The normalized spacial score (nSPS) is 15.3. The predicted octanol–water partition coefficient (Wildman–Crippen LogP) is 4.15. The highest BCUT2D eigenvalue weighted by atomic mass is 16.6. The van der Waals surface area contributed by atoms with E-state index in [2.05, 4.69) is 4.98 Å². The van der Waals surface area contributed by atoms with Crippen LogP contribution in [0.25, 0.3) is 11.0 Å². The van der Waals surface area contributed by atoms with Gasteiger partial charge in [0.05, 0.1) is 21.9 Å². The van der Waals surface area contributed by atoms with E-state index in [1.54, 1.807) is 54.7 Å². The number of carbonyl (C=O) groups is 1. The summed E-state index contributed by atoms with van der Waals surface area (Å²) >= 11 is 0. The van der Waals surface area contributed by atoms with Gasteiger partial charge in [-0.15, -0.1) is 0 Å². The Bertz CT molecular complexity index is 1430. The summed E-state index contributed by atoms with van der Waals surface area (Å²) in [5, 5.41) is 11.4. The van der Waals surface area contributed by atoms with E-state index in [0.29, 0.717) is 22.4 Å². The molecule has 2 aromatic carbocycles. The zero-order chi connectivity index (χ0) is 21.7. The van der Waals surface area contributed by atoms with Gasteiger partial charge in [0.15, 0.2) is 5.43 Å². The van der Waals surface area contributed by atoms with Gasteiger partial charge in [0, 0.05) is 18.3 Å². The van der Waals surface area contributed by atoms with Gasteiger partial charge in [-0.25, -0.2) is 4.98 Å². The van der Waals surface area contributed by atoms with Crippen molar-refractivity contribution in [2.24, 2.45) is 0 Å². The Hall–Kier alpha value is -4.33. The molecule has 0 saturated carbocycles. The monoisotopic (exact) mass is 413 g/mol. The predicted molar refractivity (Wildman–Crippen MR) is 113 cm³/mol. The number of non-ortho nitro benzene ring substituents is 1. The second-order valence-corrected chi connectivity index (χ2v) is 7.29. The third-order valence-corrected chi connectivity index (χ3v) is 5.35. The lowest BCUT2D eigenvalue weighted by Crippen LogP contribution is -2.30. The number of para-hydroxylation sites is 1. The molecule has 5 rings (SSSR count). The number of hydrogen-bond acceptors (Lipinski definition) is 6. The summed E-state index contributed by atoms with van der Waals surface area (Å²) in [6, 6.07) is 15.2. The van der Waals surface area contributed by atoms with Crippen molar-refractivity contribution in [3.8, 4) is 0 Å². The average Bonchev–Trinajstić information content (AvgIpc) is 3.06. The first-order valence-corrected chi connectivity index (χ1v) is 9.52. The number of aryl methyl sites for hydroxylation is 1. The molecule has 8 heteroatoms. The molecule has 8 nitrogen and oxygen atoms in total. The van der Waals surface area contributed by atoms with Crippen LogP contribution in [0.1, 0.15) is 33.3 Å². The summed E-state index contributed by atoms with van der Waals surface area (Å²) in [5.74, 6) is -0.169. The minimum Gasteiger partial charge on any atom is -0.450 e. The average molecular weight is 413 g/mol. The van der Waals surface area contributed by atoms with Crippen molar-refractivity contribution in [1.29, 1.82) is 0 Å². The van der Waals surface area contributed by atoms with E-state index >= 15 is 0 Å². The molecule has 152 valence electrons. The Balaban J connectivity index is 1.79. The first kappa shape index (κ1) is 18.7. The fraction of sp³-hybridized carbons (Fsp3) is 0.0870. The van der Waals surface area contributed by atoms with Gasteiger partial charge < -0.3 is 4.42 Å². The number of hydrogen-bond donors (Lipinski definition) is 0. The summed E-state index contributed by atoms with van der Waals surface area (Å²) in [5.41, 5.74) is 1.55. The molecule has 0 bridgehead atoms. The van der Waals surface area contributed by atoms with Crippen LogP contribution >= 0.6 is 0 Å². The van der Waals surface area contributed by atoms with Crippen molar-refractivity contribution in [3.05, 3.63) is 110 Å². The molecule has 1 aliphatic rings. The number of nitro benzene ring substituents is 1. The number of anilines is 1. The maximum atomic E-state index is 13.4. The number of fused-ring (bicyclic) bond motifs is 2. The van der Waals surface area contributed by atoms with Gasteiger partial charge >= 0.3 is 0 Å². The first-order valence-electron chi connectivity index (χ1n) is 9.52. The summed E-state index contributed by atoms with van der Waals surface area (Å²) < 4.78 is 5.87. The molecule has 0 spiro atoms. The summed E-state index contributed by atoms with van der Waals surface area (Å²) in [7, 11) is 0. The number of nitrogens with zero attached hydrogens (tertiary/aromatic N) is 3. The van der Waals surface area contributed by atoms with Crippen LogP contribution < -0.4 is 10.3 Å². The summed E-state index contributed by atoms with van der Waals surface area (Å²) in [6.07, 6.45) is 1.58. The van der Waals surface area contributed by atoms with Gasteiger partial charge in [0.1, 0.15) is 11.4 Å². The fourth-order valence-corrected chi connectivity index (χ4v) is 3.90. The minimum absolute atomic E-state index is 0.0460. The Morgan fingerprint density at radius 1 is 1.06 bits per heavy atom. The third kappa shape index (κ3) is 2.88. The van der Waals surface area contributed by atoms with E-state index in [1.807, 2.05) is 6.92 Å². The van der Waals surface area contributed by atoms with Crippen molar-refractivity contribution in [1.82, 2.24) is 4.98 Å². The van der Waals surface area contributed by atoms with Crippen LogP contribution in [0.4, 0.5) is 11.5 Å². The van der Waals surface area contributed by atoms with Gasteiger partial charge in [0.25, 0.3) is 11.6 Å². The highest BCUT2D eigenvalue weighted by Crippen LogP contribution is 2.40. The molecule has 4 aromatic rings. The number of aromatic nitrogens is 1. The van der Waals surface area contributed by atoms with E-state index in [0.717, 1.165) is 5.56 Å². The van der Waals surface area contributed by atoms with Gasteiger partial charge in [-0.05, 0) is 54.4 Å². The lowest BCUT2D eigenvalue weighted by atomic mass is 9.98. The number of nitro groups is 1. The number of benzene rings is 2. The van der Waals surface area contributed by atoms with Crippen LogP contribution in [0.15, 0.2) is 76.1 Å². The topological polar surface area (TPSA) is 107 Å². The minimum atomic E-state index is -0.821. The van der Waals surface area contributed by atoms with Crippen molar-refractivity contribution >= 4 is 28.4 Å². The van der Waals surface area contributed by atoms with Gasteiger partial charge in [-0.2, -0.15) is 0 Å². The Morgan fingerprint density at radius 2 is 1.81 bits per heavy atom. The first-order chi connectivity index (χ1) is 15.0. The molecule has 3 heterocycles. The molecule has 1 amide bonds. The molecule has 31 heavy (non-hydrogen) atoms. The fourth-order valence-electron chi connectivity index (χ4n) is 3.90. The van der Waals surface area contributed by atoms with E-state index in [-0.39, 0.29) is 22.4 Å². The number of pyridine rings is 1. The van der Waals surface area contributed by atoms with E-state index in [1.165, 1.54) is 17.0 Å². The van der Waals surface area contributed by atoms with Crippen LogP contribution in [0.3, 0.4) is 0 Å². The number of carbonyl (C=O) groups excluding carboxylic acids is 1. The molecular weight excluding hydrogens is 398 g/mol. The van der Waals surface area contributed by atoms with Gasteiger partial charge in [-0.3, -0.25) is 24.6 Å². The second kappa shape index (κ2) is 6.88. The highest BCUT2D eigenvalue weighted by Gasteiger charge is 2.44. The molecule has 2 aromatic heterocycles. The van der Waals surface area contributed by atoms with Gasteiger partial charge in [0.2, 0.25) is 5.76 Å². The lowest BCUT2D eigenvalue weighted by molar-refractivity contribution is -0.384. The van der Waals surface area contributed by atoms with E-state index in [9.17, 15) is 19.7 Å². The van der Waals surface area contributed by atoms with Crippen LogP contribution in [0.5, 0.6) is 0 Å². The van der Waals surface area contributed by atoms with Crippen molar-refractivity contribution < 1.29 is 14.1 Å². The largest absolute Gasteiger partial charge is 0.450 e. The zero-order valence-corrected chi connectivity index (χ0v) is 16.3. The third-order valence-electron chi connectivity index (χ3n) is 5.35. The standard InChI is InChI=1S/C23H15N3O5/c1-13-10-11-24-18(12-13)25-20(14-6-8-15(9-7-14)26(29)30)19-21(27)16-4-2-3-5-17(16)31-22(19)23(25)28/h2-12,20H,1H3/t20-/m0/s1. The molecular formula is C23H15N3O5. The molecule has 0 radical (unpaired) electrons. The number of amides is 1. The summed E-state index contributed by atoms with van der Waals surface area (Å²) in [4.78, 5) is 43.1. The second-order valence-electron chi connectivity index (χ2n) is 7.29. The molecule has 1 aliphatic heterocycles. The Labute approximate surface area is 175 Å². The molecule has 0 fully saturated rings. The van der Waals surface area contributed by atoms with Crippen molar-refractivity contribution in [3.63, 3.8) is 0 Å². The van der Waals surface area contributed by atoms with Crippen LogP contribution in [0.2, 0.25) is 0 Å². The SMILES string of the molecule is Cc1ccnc(N2C(=O)c3oc4ccccc4c(=O)c3[C@@H]2c2ccc([N+](=O)[O-])cc2)c1. The number of rotatable bonds is 3. The van der Waals surface area contributed by atoms with E-state index < -0.39 is 16.9 Å². The smallest absolute Gasteiger partial charge is 0.296 e. The van der Waals surface area contributed by atoms with Crippen molar-refractivity contribution in [2.45, 2.75) is 13.0 Å². The maximum Gasteiger partial charge on any atom is 0.296 e. The maximum absolute atomic E-state index is 13.4. The molecule has 0 saturated heterocycles. The van der Waals surface area contributed by atoms with E-state index in [4.69, 9.17) is 4.42 Å². The zero-order valence-electron chi connectivity index (χ0n) is 16.3. The van der Waals surface area contributed by atoms with Crippen LogP contribution in [-0.4, -0.2) is 15.8 Å². The molecule has 1 atom stereocenters. The Morgan fingerprint density at radius 3 is 2.52 bits per heavy atom. The molecule has 0 aliphatic carbocycles. The lowest BCUT2D eigenvalue weighted by Gasteiger charge is -2.24. The van der Waals surface area contributed by atoms with Gasteiger partial charge in [-0.1, -0.05) is 12.1 Å². The van der Waals surface area contributed by atoms with Crippen LogP contribution in [0, 0.1) is 17.0 Å².